The highest BCUT2D eigenvalue weighted by Gasteiger charge is 2.07. The first-order valence-corrected chi connectivity index (χ1v) is 4.78. The van der Waals surface area contributed by atoms with E-state index in [1.807, 2.05) is 6.92 Å². The van der Waals surface area contributed by atoms with Gasteiger partial charge >= 0.3 is 0 Å². The molecule has 0 aliphatic heterocycles. The molecule has 0 radical (unpaired) electrons. The van der Waals surface area contributed by atoms with E-state index in [0.29, 0.717) is 17.9 Å². The Labute approximate surface area is 87.9 Å². The van der Waals surface area contributed by atoms with E-state index in [2.05, 4.69) is 0 Å². The van der Waals surface area contributed by atoms with Gasteiger partial charge in [-0.05, 0) is 24.6 Å². The zero-order valence-corrected chi connectivity index (χ0v) is 8.73. The molecule has 1 rings (SSSR count). The van der Waals surface area contributed by atoms with E-state index in [0.717, 1.165) is 6.42 Å². The van der Waals surface area contributed by atoms with Crippen molar-refractivity contribution < 1.29 is 9.13 Å². The number of halogens is 1. The summed E-state index contributed by atoms with van der Waals surface area (Å²) in [7, 11) is 0. The topological polar surface area (TPSA) is 35.2 Å². The molecule has 1 aromatic rings. The maximum Gasteiger partial charge on any atom is 0.129 e. The van der Waals surface area contributed by atoms with Gasteiger partial charge in [0.1, 0.15) is 16.6 Å². The molecule has 0 bridgehead atoms. The number of hydrogen-bond acceptors (Lipinski definition) is 2. The summed E-state index contributed by atoms with van der Waals surface area (Å²) in [4.78, 5) is 0.149. The molecule has 2 nitrogen and oxygen atoms in total. The summed E-state index contributed by atoms with van der Waals surface area (Å²) < 4.78 is 18.2. The van der Waals surface area contributed by atoms with E-state index in [1.165, 1.54) is 12.1 Å². The standard InChI is InChI=1S/C10H12FNOS/c1-2-5-13-9-4-3-7(11)6-8(9)10(12)14/h3-4,6H,2,5H2,1H3,(H2,12,14). The first-order valence-electron chi connectivity index (χ1n) is 4.37. The summed E-state index contributed by atoms with van der Waals surface area (Å²) in [6, 6.07) is 4.15. The molecule has 0 spiro atoms. The number of hydrogen-bond donors (Lipinski definition) is 1. The van der Waals surface area contributed by atoms with Gasteiger partial charge in [0.05, 0.1) is 12.2 Å². The molecule has 14 heavy (non-hydrogen) atoms. The zero-order chi connectivity index (χ0) is 10.6. The van der Waals surface area contributed by atoms with Crippen LogP contribution in [-0.2, 0) is 0 Å². The van der Waals surface area contributed by atoms with Crippen molar-refractivity contribution in [3.8, 4) is 5.75 Å². The number of rotatable bonds is 4. The second-order valence-electron chi connectivity index (χ2n) is 2.85. The Morgan fingerprint density at radius 2 is 2.29 bits per heavy atom. The quantitative estimate of drug-likeness (QED) is 0.779. The van der Waals surface area contributed by atoms with Crippen molar-refractivity contribution in [2.45, 2.75) is 13.3 Å². The predicted octanol–water partition coefficient (Wildman–Crippen LogP) is 2.25. The van der Waals surface area contributed by atoms with Crippen LogP contribution >= 0.6 is 12.2 Å². The maximum absolute atomic E-state index is 12.9. The molecule has 0 aliphatic carbocycles. The third-order valence-electron chi connectivity index (χ3n) is 1.67. The summed E-state index contributed by atoms with van der Waals surface area (Å²) in [5, 5.41) is 0. The molecular formula is C10H12FNOS. The lowest BCUT2D eigenvalue weighted by atomic mass is 10.2. The number of ether oxygens (including phenoxy) is 1. The number of nitrogens with two attached hydrogens (primary N) is 1. The second-order valence-corrected chi connectivity index (χ2v) is 3.29. The monoisotopic (exact) mass is 213 g/mol. The first-order chi connectivity index (χ1) is 6.65. The number of benzene rings is 1. The Bertz CT molecular complexity index is 341. The lowest BCUT2D eigenvalue weighted by Crippen LogP contribution is -2.12. The highest BCUT2D eigenvalue weighted by atomic mass is 32.1. The molecule has 1 aromatic carbocycles. The van der Waals surface area contributed by atoms with Crippen LogP contribution in [0.1, 0.15) is 18.9 Å². The first kappa shape index (κ1) is 10.9. The second kappa shape index (κ2) is 4.91. The van der Waals surface area contributed by atoms with Crippen LogP contribution in [0.3, 0.4) is 0 Å². The van der Waals surface area contributed by atoms with Gasteiger partial charge in [0.15, 0.2) is 0 Å². The SMILES string of the molecule is CCCOc1ccc(F)cc1C(N)=S. The summed E-state index contributed by atoms with van der Waals surface area (Å²) in [5.74, 6) is 0.178. The molecule has 0 aromatic heterocycles. The molecule has 0 unspecified atom stereocenters. The fourth-order valence-electron chi connectivity index (χ4n) is 1.03. The minimum Gasteiger partial charge on any atom is -0.493 e. The lowest BCUT2D eigenvalue weighted by Gasteiger charge is -2.09. The van der Waals surface area contributed by atoms with E-state index in [9.17, 15) is 4.39 Å². The summed E-state index contributed by atoms with van der Waals surface area (Å²) >= 11 is 4.79. The van der Waals surface area contributed by atoms with Gasteiger partial charge in [-0.25, -0.2) is 4.39 Å². The van der Waals surface area contributed by atoms with Crippen molar-refractivity contribution in [3.05, 3.63) is 29.6 Å². The molecule has 0 atom stereocenters. The minimum atomic E-state index is -0.364. The predicted molar refractivity (Wildman–Crippen MR) is 58.1 cm³/mol. The lowest BCUT2D eigenvalue weighted by molar-refractivity contribution is 0.316. The molecule has 0 fully saturated rings. The average Bonchev–Trinajstić information content (AvgIpc) is 2.15. The van der Waals surface area contributed by atoms with Crippen LogP contribution in [0, 0.1) is 5.82 Å². The van der Waals surface area contributed by atoms with E-state index < -0.39 is 0 Å². The molecule has 0 heterocycles. The van der Waals surface area contributed by atoms with Crippen molar-refractivity contribution in [1.82, 2.24) is 0 Å². The van der Waals surface area contributed by atoms with Crippen molar-refractivity contribution in [2.24, 2.45) is 5.73 Å². The Morgan fingerprint density at radius 3 is 2.86 bits per heavy atom. The van der Waals surface area contributed by atoms with Gasteiger partial charge in [-0.2, -0.15) is 0 Å². The third-order valence-corrected chi connectivity index (χ3v) is 1.89. The molecule has 0 aliphatic rings. The van der Waals surface area contributed by atoms with Gasteiger partial charge in [-0.1, -0.05) is 19.1 Å². The highest BCUT2D eigenvalue weighted by molar-refractivity contribution is 7.80. The summed E-state index contributed by atoms with van der Waals surface area (Å²) in [6.45, 7) is 2.56. The van der Waals surface area contributed by atoms with Crippen molar-refractivity contribution in [1.29, 1.82) is 0 Å². The zero-order valence-electron chi connectivity index (χ0n) is 7.92. The van der Waals surface area contributed by atoms with E-state index in [1.54, 1.807) is 6.07 Å². The smallest absolute Gasteiger partial charge is 0.129 e. The maximum atomic E-state index is 12.9. The molecule has 2 N–H and O–H groups in total. The molecule has 0 saturated carbocycles. The normalized spacial score (nSPS) is 9.86. The van der Waals surface area contributed by atoms with Crippen molar-refractivity contribution in [3.63, 3.8) is 0 Å². The molecule has 76 valence electrons. The van der Waals surface area contributed by atoms with Crippen LogP contribution < -0.4 is 10.5 Å². The fraction of sp³-hybridized carbons (Fsp3) is 0.300. The molecule has 4 heteroatoms. The minimum absolute atomic E-state index is 0.149. The fourth-order valence-corrected chi connectivity index (χ4v) is 1.19. The average molecular weight is 213 g/mol. The Hall–Kier alpha value is -1.16. The van der Waals surface area contributed by atoms with E-state index in [-0.39, 0.29) is 10.8 Å². The van der Waals surface area contributed by atoms with Crippen LogP contribution in [0.5, 0.6) is 5.75 Å². The van der Waals surface area contributed by atoms with Crippen LogP contribution in [-0.4, -0.2) is 11.6 Å². The van der Waals surface area contributed by atoms with Gasteiger partial charge in [0.2, 0.25) is 0 Å². The van der Waals surface area contributed by atoms with E-state index in [4.69, 9.17) is 22.7 Å². The van der Waals surface area contributed by atoms with E-state index >= 15 is 0 Å². The van der Waals surface area contributed by atoms with Crippen LogP contribution in [0.4, 0.5) is 4.39 Å². The third kappa shape index (κ3) is 2.67. The molecule has 0 amide bonds. The van der Waals surface area contributed by atoms with Gasteiger partial charge in [0.25, 0.3) is 0 Å². The van der Waals surface area contributed by atoms with Crippen LogP contribution in [0.2, 0.25) is 0 Å². The Balaban J connectivity index is 2.96. The van der Waals surface area contributed by atoms with Crippen LogP contribution in [0.15, 0.2) is 18.2 Å². The Morgan fingerprint density at radius 1 is 1.57 bits per heavy atom. The summed E-state index contributed by atoms with van der Waals surface area (Å²) in [6.07, 6.45) is 0.883. The van der Waals surface area contributed by atoms with Crippen molar-refractivity contribution >= 4 is 17.2 Å². The van der Waals surface area contributed by atoms with Gasteiger partial charge < -0.3 is 10.5 Å². The highest BCUT2D eigenvalue weighted by Crippen LogP contribution is 2.19. The van der Waals surface area contributed by atoms with Gasteiger partial charge in [0, 0.05) is 0 Å². The molecular weight excluding hydrogens is 201 g/mol. The molecule has 0 saturated heterocycles. The van der Waals surface area contributed by atoms with Gasteiger partial charge in [-0.15, -0.1) is 0 Å². The Kier molecular flexibility index (Phi) is 3.83. The number of thiocarbonyl (C=S) groups is 1. The van der Waals surface area contributed by atoms with Crippen molar-refractivity contribution in [2.75, 3.05) is 6.61 Å². The van der Waals surface area contributed by atoms with Crippen LogP contribution in [0.25, 0.3) is 0 Å². The largest absolute Gasteiger partial charge is 0.493 e. The summed E-state index contributed by atoms with van der Waals surface area (Å²) in [5.41, 5.74) is 5.89. The van der Waals surface area contributed by atoms with Gasteiger partial charge in [-0.3, -0.25) is 0 Å².